The molecule has 1 atom stereocenters. The van der Waals surface area contributed by atoms with Crippen molar-refractivity contribution in [2.75, 3.05) is 29.7 Å². The summed E-state index contributed by atoms with van der Waals surface area (Å²) in [4.78, 5) is 28.9. The van der Waals surface area contributed by atoms with E-state index < -0.39 is 21.3 Å². The van der Waals surface area contributed by atoms with E-state index in [2.05, 4.69) is 16.3 Å². The van der Waals surface area contributed by atoms with E-state index in [9.17, 15) is 18.0 Å². The number of anilines is 1. The van der Waals surface area contributed by atoms with Crippen LogP contribution in [0.1, 0.15) is 48.0 Å². The van der Waals surface area contributed by atoms with Gasteiger partial charge in [-0.05, 0) is 75.5 Å². The number of thiophene rings is 1. The molecule has 2 saturated heterocycles. The fourth-order valence-electron chi connectivity index (χ4n) is 4.24. The minimum atomic E-state index is -3.71. The zero-order valence-electron chi connectivity index (χ0n) is 17.7. The van der Waals surface area contributed by atoms with Crippen LogP contribution in [0.5, 0.6) is 0 Å². The molecule has 1 aromatic heterocycles. The highest BCUT2D eigenvalue weighted by Crippen LogP contribution is 2.35. The number of carbonyl (C=O) groups is 2. The molecule has 7 nitrogen and oxygen atoms in total. The van der Waals surface area contributed by atoms with Gasteiger partial charge < -0.3 is 5.32 Å². The lowest BCUT2D eigenvalue weighted by Crippen LogP contribution is -2.36. The van der Waals surface area contributed by atoms with Crippen molar-refractivity contribution in [3.05, 3.63) is 52.2 Å². The molecule has 2 fully saturated rings. The SMILES string of the molecule is CC1(C)CS(=O)(=O)N(c2ccc(C(=O)NCC(c3cccs3)N3CCCC3)cc2)C1=O. The molecule has 31 heavy (non-hydrogen) atoms. The Labute approximate surface area is 187 Å². The number of likely N-dealkylation sites (tertiary alicyclic amines) is 1. The first-order chi connectivity index (χ1) is 14.7. The van der Waals surface area contributed by atoms with E-state index in [-0.39, 0.29) is 23.4 Å². The largest absolute Gasteiger partial charge is 0.350 e. The molecule has 1 unspecified atom stereocenters. The highest BCUT2D eigenvalue weighted by Gasteiger charge is 2.49. The van der Waals surface area contributed by atoms with E-state index in [4.69, 9.17) is 0 Å². The highest BCUT2D eigenvalue weighted by molar-refractivity contribution is 7.94. The Morgan fingerprint density at radius 2 is 1.84 bits per heavy atom. The van der Waals surface area contributed by atoms with E-state index in [0.29, 0.717) is 12.1 Å². The molecule has 2 aliphatic rings. The third-order valence-corrected chi connectivity index (χ3v) is 8.85. The van der Waals surface area contributed by atoms with Gasteiger partial charge in [-0.1, -0.05) is 6.07 Å². The lowest BCUT2D eigenvalue weighted by atomic mass is 9.95. The Kier molecular flexibility index (Phi) is 5.93. The lowest BCUT2D eigenvalue weighted by molar-refractivity contribution is -0.123. The quantitative estimate of drug-likeness (QED) is 0.715. The second kappa shape index (κ2) is 8.37. The number of carbonyl (C=O) groups excluding carboxylic acids is 2. The molecule has 2 amide bonds. The molecule has 9 heteroatoms. The number of hydrogen-bond acceptors (Lipinski definition) is 6. The minimum Gasteiger partial charge on any atom is -0.350 e. The first-order valence-corrected chi connectivity index (χ1v) is 12.9. The van der Waals surface area contributed by atoms with E-state index in [0.717, 1.165) is 17.4 Å². The van der Waals surface area contributed by atoms with E-state index >= 15 is 0 Å². The average Bonchev–Trinajstić information content (AvgIpc) is 3.44. The highest BCUT2D eigenvalue weighted by atomic mass is 32.2. The number of nitrogens with one attached hydrogen (secondary N) is 1. The van der Waals surface area contributed by atoms with Crippen LogP contribution < -0.4 is 9.62 Å². The Bertz CT molecular complexity index is 1060. The topological polar surface area (TPSA) is 86.8 Å². The normalized spacial score (nSPS) is 21.4. The van der Waals surface area contributed by atoms with Gasteiger partial charge in [0.1, 0.15) is 0 Å². The Morgan fingerprint density at radius 1 is 1.16 bits per heavy atom. The lowest BCUT2D eigenvalue weighted by Gasteiger charge is -2.27. The molecule has 0 saturated carbocycles. The Balaban J connectivity index is 1.45. The molecule has 4 rings (SSSR count). The van der Waals surface area contributed by atoms with Crippen LogP contribution in [0.3, 0.4) is 0 Å². The molecule has 0 aliphatic carbocycles. The Hall–Kier alpha value is -2.23. The van der Waals surface area contributed by atoms with Crippen LogP contribution in [-0.4, -0.2) is 50.5 Å². The van der Waals surface area contributed by atoms with Crippen LogP contribution >= 0.6 is 11.3 Å². The van der Waals surface area contributed by atoms with Gasteiger partial charge in [-0.25, -0.2) is 12.7 Å². The van der Waals surface area contributed by atoms with E-state index in [1.807, 2.05) is 11.4 Å². The van der Waals surface area contributed by atoms with Crippen molar-refractivity contribution in [3.63, 3.8) is 0 Å². The monoisotopic (exact) mass is 461 g/mol. The van der Waals surface area contributed by atoms with E-state index in [1.54, 1.807) is 37.3 Å². The maximum atomic E-state index is 12.7. The number of nitrogens with zero attached hydrogens (tertiary/aromatic N) is 2. The van der Waals surface area contributed by atoms with Gasteiger partial charge in [0.2, 0.25) is 15.9 Å². The molecular weight excluding hydrogens is 434 g/mol. The molecule has 166 valence electrons. The maximum Gasteiger partial charge on any atom is 0.251 e. The van der Waals surface area contributed by atoms with Gasteiger partial charge >= 0.3 is 0 Å². The van der Waals surface area contributed by atoms with Crippen LogP contribution in [0.2, 0.25) is 0 Å². The minimum absolute atomic E-state index is 0.153. The zero-order valence-corrected chi connectivity index (χ0v) is 19.3. The predicted octanol–water partition coefficient (Wildman–Crippen LogP) is 3.02. The van der Waals surface area contributed by atoms with Crippen molar-refractivity contribution < 1.29 is 18.0 Å². The van der Waals surface area contributed by atoms with Crippen molar-refractivity contribution in [2.24, 2.45) is 5.41 Å². The summed E-state index contributed by atoms with van der Waals surface area (Å²) in [7, 11) is -3.71. The third kappa shape index (κ3) is 4.40. The van der Waals surface area contributed by atoms with Crippen molar-refractivity contribution in [1.82, 2.24) is 10.2 Å². The summed E-state index contributed by atoms with van der Waals surface area (Å²) < 4.78 is 25.7. The smallest absolute Gasteiger partial charge is 0.251 e. The standard InChI is InChI=1S/C22H27N3O4S2/c1-22(2)15-31(28,29)25(21(22)27)17-9-7-16(8-10-17)20(26)23-14-18(19-6-5-13-30-19)24-11-3-4-12-24/h5-10,13,18H,3-4,11-12,14-15H2,1-2H3,(H,23,26). The van der Waals surface area contributed by atoms with Gasteiger partial charge in [0, 0.05) is 17.0 Å². The summed E-state index contributed by atoms with van der Waals surface area (Å²) in [5, 5.41) is 5.07. The number of rotatable bonds is 6. The third-order valence-electron chi connectivity index (χ3n) is 5.86. The molecule has 0 spiro atoms. The molecule has 1 N–H and O–H groups in total. The molecule has 2 aliphatic heterocycles. The first-order valence-electron chi connectivity index (χ1n) is 10.4. The summed E-state index contributed by atoms with van der Waals surface area (Å²) in [6.45, 7) is 5.82. The number of hydrogen-bond donors (Lipinski definition) is 1. The summed E-state index contributed by atoms with van der Waals surface area (Å²) in [5.41, 5.74) is -0.264. The average molecular weight is 462 g/mol. The summed E-state index contributed by atoms with van der Waals surface area (Å²) >= 11 is 1.69. The van der Waals surface area contributed by atoms with Crippen molar-refractivity contribution >= 4 is 38.9 Å². The molecule has 1 aromatic carbocycles. The van der Waals surface area contributed by atoms with Gasteiger partial charge in [-0.15, -0.1) is 11.3 Å². The van der Waals surface area contributed by atoms with Gasteiger partial charge in [0.25, 0.3) is 5.91 Å². The number of amides is 2. The van der Waals surface area contributed by atoms with Crippen molar-refractivity contribution in [3.8, 4) is 0 Å². The van der Waals surface area contributed by atoms with Gasteiger partial charge in [-0.3, -0.25) is 14.5 Å². The molecule has 2 aromatic rings. The van der Waals surface area contributed by atoms with Crippen LogP contribution in [0.15, 0.2) is 41.8 Å². The second-order valence-corrected chi connectivity index (χ2v) is 11.5. The Morgan fingerprint density at radius 3 is 2.39 bits per heavy atom. The van der Waals surface area contributed by atoms with Crippen LogP contribution in [0.25, 0.3) is 0 Å². The van der Waals surface area contributed by atoms with Crippen LogP contribution in [0.4, 0.5) is 5.69 Å². The summed E-state index contributed by atoms with van der Waals surface area (Å²) in [5.74, 6) is -0.890. The van der Waals surface area contributed by atoms with Gasteiger partial charge in [-0.2, -0.15) is 0 Å². The van der Waals surface area contributed by atoms with Crippen molar-refractivity contribution in [2.45, 2.75) is 32.7 Å². The first kappa shape index (κ1) is 22.0. The molecule has 0 radical (unpaired) electrons. The molecule has 3 heterocycles. The molecule has 0 bridgehead atoms. The van der Waals surface area contributed by atoms with Crippen molar-refractivity contribution in [1.29, 1.82) is 0 Å². The van der Waals surface area contributed by atoms with E-state index in [1.165, 1.54) is 29.9 Å². The number of benzene rings is 1. The number of sulfonamides is 1. The fourth-order valence-corrected chi connectivity index (χ4v) is 7.21. The van der Waals surface area contributed by atoms with Crippen LogP contribution in [0, 0.1) is 5.41 Å². The van der Waals surface area contributed by atoms with Gasteiger partial charge in [0.15, 0.2) is 0 Å². The zero-order chi connectivity index (χ0) is 22.2. The van der Waals surface area contributed by atoms with Crippen LogP contribution in [-0.2, 0) is 14.8 Å². The predicted molar refractivity (Wildman–Crippen MR) is 122 cm³/mol. The summed E-state index contributed by atoms with van der Waals surface area (Å²) in [6, 6.07) is 10.4. The second-order valence-electron chi connectivity index (χ2n) is 8.74. The maximum absolute atomic E-state index is 12.7. The summed E-state index contributed by atoms with van der Waals surface area (Å²) in [6.07, 6.45) is 2.35. The van der Waals surface area contributed by atoms with Gasteiger partial charge in [0.05, 0.1) is 22.9 Å². The molecular formula is C22H27N3O4S2. The fraction of sp³-hybridized carbons (Fsp3) is 0.455.